The molecular weight excluding hydrogens is 396 g/mol. The van der Waals surface area contributed by atoms with Gasteiger partial charge >= 0.3 is 0 Å². The number of carbonyl (C=O) groups is 2. The second-order valence-corrected chi connectivity index (χ2v) is 6.04. The van der Waals surface area contributed by atoms with Crippen LogP contribution in [0.3, 0.4) is 0 Å². The Morgan fingerprint density at radius 2 is 1.19 bits per heavy atom. The van der Waals surface area contributed by atoms with E-state index in [0.717, 1.165) is 0 Å². The van der Waals surface area contributed by atoms with E-state index in [-0.39, 0.29) is 0 Å². The van der Waals surface area contributed by atoms with Crippen LogP contribution in [0, 0.1) is 0 Å². The molecule has 0 aliphatic carbocycles. The van der Waals surface area contributed by atoms with E-state index >= 15 is 0 Å². The van der Waals surface area contributed by atoms with Gasteiger partial charge < -0.3 is 9.47 Å². The van der Waals surface area contributed by atoms with Gasteiger partial charge in [0.25, 0.3) is 0 Å². The molecule has 160 valence electrons. The van der Waals surface area contributed by atoms with Crippen LogP contribution in [0.2, 0.25) is 0 Å². The van der Waals surface area contributed by atoms with Crippen LogP contribution in [-0.2, 0) is 9.59 Å². The lowest BCUT2D eigenvalue weighted by atomic mass is 10.2. The van der Waals surface area contributed by atoms with Crippen molar-refractivity contribution in [3.8, 4) is 11.5 Å². The monoisotopic (exact) mass is 420 g/mol. The average Bonchev–Trinajstić information content (AvgIpc) is 2.77. The highest BCUT2D eigenvalue weighted by atomic mass is 16.5. The zero-order valence-corrected chi connectivity index (χ0v) is 17.0. The molecule has 0 aromatic heterocycles. The van der Waals surface area contributed by atoms with Crippen molar-refractivity contribution in [2.24, 2.45) is 10.2 Å². The number of nitrogens with one attached hydrogen (secondary N) is 2. The molecule has 0 saturated heterocycles. The second-order valence-electron chi connectivity index (χ2n) is 6.04. The van der Waals surface area contributed by atoms with Crippen molar-refractivity contribution in [3.05, 3.63) is 85.0 Å². The molecule has 2 amide bonds. The number of ether oxygens (including phenoxy) is 2. The van der Waals surface area contributed by atoms with Crippen LogP contribution in [-0.4, -0.2) is 37.5 Å². The molecule has 0 heterocycles. The Morgan fingerprint density at radius 3 is 1.61 bits per heavy atom. The first-order valence-corrected chi connectivity index (χ1v) is 9.43. The van der Waals surface area contributed by atoms with Crippen LogP contribution in [0.25, 0.3) is 0 Å². The maximum absolute atomic E-state index is 11.9. The van der Waals surface area contributed by atoms with Gasteiger partial charge in [-0.2, -0.15) is 10.2 Å². The summed E-state index contributed by atoms with van der Waals surface area (Å²) in [5.41, 5.74) is 5.95. The first-order valence-electron chi connectivity index (χ1n) is 9.43. The molecule has 31 heavy (non-hydrogen) atoms. The number of para-hydroxylation sites is 2. The van der Waals surface area contributed by atoms with Crippen LogP contribution in [0.15, 0.2) is 84.0 Å². The number of hydrogen-bond acceptors (Lipinski definition) is 6. The topological polar surface area (TPSA) is 101 Å². The second kappa shape index (κ2) is 13.1. The Balaban J connectivity index is 1.82. The molecule has 0 spiro atoms. The molecule has 0 bridgehead atoms. The van der Waals surface area contributed by atoms with Crippen molar-refractivity contribution < 1.29 is 19.1 Å². The van der Waals surface area contributed by atoms with Crippen LogP contribution < -0.4 is 20.3 Å². The summed E-state index contributed by atoms with van der Waals surface area (Å²) in [7, 11) is 0. The molecule has 2 rings (SSSR count). The minimum atomic E-state index is -0.580. The highest BCUT2D eigenvalue weighted by Crippen LogP contribution is 2.16. The van der Waals surface area contributed by atoms with Gasteiger partial charge in [-0.25, -0.2) is 10.9 Å². The predicted octanol–water partition coefficient (Wildman–Crippen LogP) is 2.81. The summed E-state index contributed by atoms with van der Waals surface area (Å²) in [6.45, 7) is 7.90. The number of hydrogen-bond donors (Lipinski definition) is 2. The number of hydrazone groups is 2. The fourth-order valence-corrected chi connectivity index (χ4v) is 2.31. The molecule has 0 aliphatic rings. The van der Waals surface area contributed by atoms with Crippen LogP contribution >= 0.6 is 0 Å². The molecule has 8 heteroatoms. The Labute approximate surface area is 181 Å². The van der Waals surface area contributed by atoms with Gasteiger partial charge in [0.1, 0.15) is 31.1 Å². The van der Waals surface area contributed by atoms with Crippen LogP contribution in [0.1, 0.15) is 17.5 Å². The van der Waals surface area contributed by atoms with E-state index < -0.39 is 18.2 Å². The first kappa shape index (κ1) is 23.1. The molecule has 2 N–H and O–H groups in total. The van der Waals surface area contributed by atoms with Crippen molar-refractivity contribution in [2.75, 3.05) is 13.2 Å². The molecule has 0 aliphatic heterocycles. The van der Waals surface area contributed by atoms with Gasteiger partial charge in [-0.1, -0.05) is 49.6 Å². The van der Waals surface area contributed by atoms with Crippen molar-refractivity contribution >= 4 is 24.2 Å². The van der Waals surface area contributed by atoms with Gasteiger partial charge in [0, 0.05) is 11.1 Å². The third kappa shape index (κ3) is 8.36. The van der Waals surface area contributed by atoms with E-state index in [1.165, 1.54) is 12.4 Å². The van der Waals surface area contributed by atoms with Crippen LogP contribution in [0.5, 0.6) is 11.5 Å². The minimum absolute atomic E-state index is 0.350. The summed E-state index contributed by atoms with van der Waals surface area (Å²) in [5.74, 6) is 0.0426. The predicted molar refractivity (Wildman–Crippen MR) is 120 cm³/mol. The molecule has 2 aromatic carbocycles. The molecule has 2 aromatic rings. The molecule has 0 atom stereocenters. The third-order valence-electron chi connectivity index (χ3n) is 3.66. The van der Waals surface area contributed by atoms with E-state index in [4.69, 9.17) is 9.47 Å². The van der Waals surface area contributed by atoms with Crippen molar-refractivity contribution in [1.29, 1.82) is 0 Å². The number of amides is 2. The maximum atomic E-state index is 11.9. The van der Waals surface area contributed by atoms with Gasteiger partial charge in [-0.15, -0.1) is 0 Å². The summed E-state index contributed by atoms with van der Waals surface area (Å²) in [5, 5.41) is 7.72. The molecule has 0 saturated carbocycles. The number of nitrogens with zero attached hydrogens (tertiary/aromatic N) is 2. The van der Waals surface area contributed by atoms with E-state index in [0.29, 0.717) is 35.8 Å². The fourth-order valence-electron chi connectivity index (χ4n) is 2.31. The summed E-state index contributed by atoms with van der Waals surface area (Å²) in [6, 6.07) is 14.4. The molecule has 0 radical (unpaired) electrons. The molecule has 0 fully saturated rings. The lowest BCUT2D eigenvalue weighted by Gasteiger charge is -2.06. The lowest BCUT2D eigenvalue weighted by molar-refractivity contribution is -0.129. The quantitative estimate of drug-likeness (QED) is 0.239. The summed E-state index contributed by atoms with van der Waals surface area (Å²) in [4.78, 5) is 23.8. The first-order chi connectivity index (χ1) is 15.1. The van der Waals surface area contributed by atoms with Gasteiger partial charge in [0.05, 0.1) is 12.4 Å². The van der Waals surface area contributed by atoms with Gasteiger partial charge in [0.2, 0.25) is 11.8 Å². The molecular formula is C23H24N4O4. The van der Waals surface area contributed by atoms with E-state index in [2.05, 4.69) is 34.2 Å². The Hall–Kier alpha value is -4.20. The number of carbonyl (C=O) groups excluding carboxylic acids is 2. The van der Waals surface area contributed by atoms with Gasteiger partial charge in [-0.3, -0.25) is 9.59 Å². The zero-order chi connectivity index (χ0) is 22.3. The SMILES string of the molecule is C=CCOc1ccccc1C=NNC(=O)CC(=O)NN=Cc1ccccc1OCC=C. The van der Waals surface area contributed by atoms with Gasteiger partial charge in [-0.05, 0) is 24.3 Å². The van der Waals surface area contributed by atoms with Crippen molar-refractivity contribution in [3.63, 3.8) is 0 Å². The lowest BCUT2D eigenvalue weighted by Crippen LogP contribution is -2.27. The number of benzene rings is 2. The Morgan fingerprint density at radius 1 is 0.774 bits per heavy atom. The van der Waals surface area contributed by atoms with Crippen LogP contribution in [0.4, 0.5) is 0 Å². The Bertz CT molecular complexity index is 892. The third-order valence-corrected chi connectivity index (χ3v) is 3.66. The van der Waals surface area contributed by atoms with E-state index in [9.17, 15) is 9.59 Å². The minimum Gasteiger partial charge on any atom is -0.489 e. The largest absolute Gasteiger partial charge is 0.489 e. The maximum Gasteiger partial charge on any atom is 0.249 e. The van der Waals surface area contributed by atoms with Gasteiger partial charge in [0.15, 0.2) is 0 Å². The zero-order valence-electron chi connectivity index (χ0n) is 17.0. The fraction of sp³-hybridized carbons (Fsp3) is 0.130. The van der Waals surface area contributed by atoms with E-state index in [1.54, 1.807) is 36.4 Å². The standard InChI is InChI=1S/C23H24N4O4/c1-3-13-30-20-11-7-5-9-18(20)16-24-26-22(28)15-23(29)27-25-17-19-10-6-8-12-21(19)31-14-4-2/h3-12,16-17H,1-2,13-15H2,(H,26,28)(H,27,29). The van der Waals surface area contributed by atoms with E-state index in [1.807, 2.05) is 24.3 Å². The molecule has 0 unspecified atom stereocenters. The number of rotatable bonds is 12. The summed E-state index contributed by atoms with van der Waals surface area (Å²) >= 11 is 0. The highest BCUT2D eigenvalue weighted by molar-refractivity contribution is 5.97. The highest BCUT2D eigenvalue weighted by Gasteiger charge is 2.08. The normalized spacial score (nSPS) is 10.6. The smallest absolute Gasteiger partial charge is 0.249 e. The average molecular weight is 420 g/mol. The summed E-state index contributed by atoms with van der Waals surface area (Å²) < 4.78 is 11.0. The summed E-state index contributed by atoms with van der Waals surface area (Å²) in [6.07, 6.45) is 5.70. The molecule has 8 nitrogen and oxygen atoms in total. The van der Waals surface area contributed by atoms with Crippen molar-refractivity contribution in [2.45, 2.75) is 6.42 Å². The van der Waals surface area contributed by atoms with Crippen molar-refractivity contribution in [1.82, 2.24) is 10.9 Å². The Kier molecular flexibility index (Phi) is 9.76.